The van der Waals surface area contributed by atoms with E-state index in [1.807, 2.05) is 7.05 Å². The Bertz CT molecular complexity index is 645. The molecule has 1 aromatic carbocycles. The molecule has 2 atom stereocenters. The van der Waals surface area contributed by atoms with E-state index in [0.29, 0.717) is 18.2 Å². The Morgan fingerprint density at radius 2 is 2.00 bits per heavy atom. The minimum absolute atomic E-state index is 0. The highest BCUT2D eigenvalue weighted by molar-refractivity contribution is 14.0. The normalized spacial score (nSPS) is 26.2. The van der Waals surface area contributed by atoms with E-state index in [2.05, 4.69) is 51.7 Å². The molecule has 1 aliphatic heterocycles. The number of likely N-dealkylation sites (tertiary alicyclic amines) is 1. The van der Waals surface area contributed by atoms with E-state index >= 15 is 0 Å². The Balaban J connectivity index is 0.00000210. The van der Waals surface area contributed by atoms with Gasteiger partial charge in [-0.2, -0.15) is 0 Å². The molecule has 2 saturated carbocycles. The lowest BCUT2D eigenvalue weighted by Gasteiger charge is -2.27. The Kier molecular flexibility index (Phi) is 7.25. The van der Waals surface area contributed by atoms with E-state index in [-0.39, 0.29) is 24.0 Å². The lowest BCUT2D eigenvalue weighted by atomic mass is 9.96. The summed E-state index contributed by atoms with van der Waals surface area (Å²) < 4.78 is 6.14. The summed E-state index contributed by atoms with van der Waals surface area (Å²) in [5.41, 5.74) is 1.20. The molecule has 0 radical (unpaired) electrons. The van der Waals surface area contributed by atoms with Gasteiger partial charge in [-0.3, -0.25) is 9.89 Å². The maximum absolute atomic E-state index is 6.14. The number of halogens is 1. The molecule has 0 bridgehead atoms. The molecule has 2 aliphatic carbocycles. The number of benzene rings is 1. The van der Waals surface area contributed by atoms with E-state index in [1.54, 1.807) is 0 Å². The molecule has 3 aliphatic rings. The molecule has 5 nitrogen and oxygen atoms in total. The maximum atomic E-state index is 6.14. The number of nitrogens with one attached hydrogen (secondary N) is 2. The fraction of sp³-hybridized carbons (Fsp3) is 0.667. The monoisotopic (exact) mass is 484 g/mol. The smallest absolute Gasteiger partial charge is 0.191 e. The van der Waals surface area contributed by atoms with Crippen LogP contribution in [0.3, 0.4) is 0 Å². The third-order valence-corrected chi connectivity index (χ3v) is 5.97. The first-order valence-electron chi connectivity index (χ1n) is 10.2. The fourth-order valence-corrected chi connectivity index (χ4v) is 4.08. The van der Waals surface area contributed by atoms with E-state index < -0.39 is 0 Å². The Morgan fingerprint density at radius 3 is 2.67 bits per heavy atom. The lowest BCUT2D eigenvalue weighted by molar-refractivity contribution is 0.119. The molecule has 0 aromatic heterocycles. The van der Waals surface area contributed by atoms with Gasteiger partial charge in [0, 0.05) is 43.8 Å². The minimum Gasteiger partial charge on any atom is -0.490 e. The highest BCUT2D eigenvalue weighted by Gasteiger charge is 2.38. The summed E-state index contributed by atoms with van der Waals surface area (Å²) in [5.74, 6) is 1.90. The van der Waals surface area contributed by atoms with Crippen LogP contribution in [0, 0.1) is 0 Å². The van der Waals surface area contributed by atoms with Gasteiger partial charge in [-0.25, -0.2) is 0 Å². The zero-order valence-corrected chi connectivity index (χ0v) is 18.8. The zero-order valence-electron chi connectivity index (χ0n) is 16.5. The molecule has 2 unspecified atom stereocenters. The molecule has 1 heterocycles. The van der Waals surface area contributed by atoms with Crippen LogP contribution in [0.4, 0.5) is 0 Å². The summed E-state index contributed by atoms with van der Waals surface area (Å²) in [7, 11) is 1.85. The number of guanidine groups is 1. The summed E-state index contributed by atoms with van der Waals surface area (Å²) in [6, 6.07) is 10.3. The SMILES string of the molecule is CN=C(NCc1ccccc1OC1CCC1)NC1CC(C)N(C2CC2)C1.I. The van der Waals surface area contributed by atoms with Gasteiger partial charge in [-0.1, -0.05) is 18.2 Å². The van der Waals surface area contributed by atoms with Gasteiger partial charge in [0.15, 0.2) is 5.96 Å². The second-order valence-electron chi connectivity index (χ2n) is 8.06. The summed E-state index contributed by atoms with van der Waals surface area (Å²) >= 11 is 0. The van der Waals surface area contributed by atoms with E-state index in [4.69, 9.17) is 4.74 Å². The second-order valence-corrected chi connectivity index (χ2v) is 8.06. The predicted octanol–water partition coefficient (Wildman–Crippen LogP) is 3.53. The third kappa shape index (κ3) is 5.28. The molecular weight excluding hydrogens is 451 g/mol. The number of ether oxygens (including phenoxy) is 1. The average molecular weight is 484 g/mol. The van der Waals surface area contributed by atoms with Gasteiger partial charge < -0.3 is 15.4 Å². The second kappa shape index (κ2) is 9.45. The highest BCUT2D eigenvalue weighted by Crippen LogP contribution is 2.33. The minimum atomic E-state index is 0. The Labute approximate surface area is 180 Å². The van der Waals surface area contributed by atoms with Crippen LogP contribution in [0.2, 0.25) is 0 Å². The standard InChI is InChI=1S/C21H32N4O.HI/c1-15-12-17(14-25(15)18-10-11-18)24-21(22-2)23-13-16-6-3-4-9-20(16)26-19-7-5-8-19;/h3-4,6,9,15,17-19H,5,7-8,10-14H2,1-2H3,(H2,22,23,24);1H. The van der Waals surface area contributed by atoms with Gasteiger partial charge in [0.1, 0.15) is 5.75 Å². The van der Waals surface area contributed by atoms with Crippen LogP contribution in [0.15, 0.2) is 29.3 Å². The van der Waals surface area contributed by atoms with Gasteiger partial charge in [0.2, 0.25) is 0 Å². The van der Waals surface area contributed by atoms with Gasteiger partial charge in [0.05, 0.1) is 6.10 Å². The molecule has 2 N–H and O–H groups in total. The van der Waals surface area contributed by atoms with Gasteiger partial charge in [-0.15, -0.1) is 24.0 Å². The van der Waals surface area contributed by atoms with Crippen LogP contribution in [-0.4, -0.2) is 48.7 Å². The summed E-state index contributed by atoms with van der Waals surface area (Å²) in [6.45, 7) is 4.22. The van der Waals surface area contributed by atoms with Gasteiger partial charge in [-0.05, 0) is 51.5 Å². The van der Waals surface area contributed by atoms with Crippen molar-refractivity contribution in [2.75, 3.05) is 13.6 Å². The summed E-state index contributed by atoms with van der Waals surface area (Å²) in [5, 5.41) is 7.10. The largest absolute Gasteiger partial charge is 0.490 e. The molecule has 150 valence electrons. The van der Waals surface area contributed by atoms with Crippen LogP contribution in [0.25, 0.3) is 0 Å². The van der Waals surface area contributed by atoms with E-state index in [9.17, 15) is 0 Å². The van der Waals surface area contributed by atoms with Crippen molar-refractivity contribution in [2.45, 2.75) is 76.2 Å². The van der Waals surface area contributed by atoms with Crippen LogP contribution in [0.5, 0.6) is 5.75 Å². The molecule has 1 saturated heterocycles. The van der Waals surface area contributed by atoms with Gasteiger partial charge >= 0.3 is 0 Å². The first-order chi connectivity index (χ1) is 12.7. The average Bonchev–Trinajstić information content (AvgIpc) is 3.39. The van der Waals surface area contributed by atoms with Crippen molar-refractivity contribution in [3.8, 4) is 5.75 Å². The van der Waals surface area contributed by atoms with Crippen LogP contribution in [-0.2, 0) is 6.54 Å². The number of para-hydroxylation sites is 1. The summed E-state index contributed by atoms with van der Waals surface area (Å²) in [4.78, 5) is 7.09. The Hall–Kier alpha value is -1.02. The first-order valence-corrected chi connectivity index (χ1v) is 10.2. The Morgan fingerprint density at radius 1 is 1.22 bits per heavy atom. The summed E-state index contributed by atoms with van der Waals surface area (Å²) in [6.07, 6.45) is 8.01. The molecular formula is C21H33IN4O. The van der Waals surface area contributed by atoms with Gasteiger partial charge in [0.25, 0.3) is 0 Å². The van der Waals surface area contributed by atoms with Crippen molar-refractivity contribution in [3.05, 3.63) is 29.8 Å². The number of rotatable bonds is 6. The third-order valence-electron chi connectivity index (χ3n) is 5.97. The van der Waals surface area contributed by atoms with Crippen molar-refractivity contribution in [1.29, 1.82) is 0 Å². The molecule has 1 aromatic rings. The molecule has 0 spiro atoms. The first kappa shape index (κ1) is 20.7. The molecule has 4 rings (SSSR count). The van der Waals surface area contributed by atoms with E-state index in [0.717, 1.165) is 30.8 Å². The van der Waals surface area contributed by atoms with Crippen molar-refractivity contribution in [1.82, 2.24) is 15.5 Å². The lowest BCUT2D eigenvalue weighted by Crippen LogP contribution is -2.44. The van der Waals surface area contributed by atoms with E-state index in [1.165, 1.54) is 44.1 Å². The maximum Gasteiger partial charge on any atom is 0.191 e. The number of aliphatic imine (C=N–C) groups is 1. The van der Waals surface area contributed by atoms with Crippen LogP contribution >= 0.6 is 24.0 Å². The molecule has 27 heavy (non-hydrogen) atoms. The molecule has 6 heteroatoms. The van der Waals surface area contributed by atoms with Crippen molar-refractivity contribution < 1.29 is 4.74 Å². The number of nitrogens with zero attached hydrogens (tertiary/aromatic N) is 2. The van der Waals surface area contributed by atoms with Crippen molar-refractivity contribution in [3.63, 3.8) is 0 Å². The van der Waals surface area contributed by atoms with Crippen molar-refractivity contribution >= 4 is 29.9 Å². The van der Waals surface area contributed by atoms with Crippen LogP contribution < -0.4 is 15.4 Å². The van der Waals surface area contributed by atoms with Crippen LogP contribution in [0.1, 0.15) is 51.0 Å². The zero-order chi connectivity index (χ0) is 17.9. The number of hydrogen-bond acceptors (Lipinski definition) is 3. The topological polar surface area (TPSA) is 48.9 Å². The fourth-order valence-electron chi connectivity index (χ4n) is 4.08. The van der Waals surface area contributed by atoms with Crippen molar-refractivity contribution in [2.24, 2.45) is 4.99 Å². The number of hydrogen-bond donors (Lipinski definition) is 2. The predicted molar refractivity (Wildman–Crippen MR) is 121 cm³/mol. The quantitative estimate of drug-likeness (QED) is 0.369. The molecule has 3 fully saturated rings. The highest BCUT2D eigenvalue weighted by atomic mass is 127. The molecule has 0 amide bonds.